The zero-order valence-corrected chi connectivity index (χ0v) is 13.7. The number of rotatable bonds is 4. The SMILES string of the molecule is N=S1(=O)CC(Nc2nonc2/C(=N/O)NC2Cc3ccc(F)cc32)C1. The van der Waals surface area contributed by atoms with Crippen LogP contribution in [-0.4, -0.2) is 43.1 Å². The van der Waals surface area contributed by atoms with E-state index in [1.807, 2.05) is 0 Å². The minimum absolute atomic E-state index is 0.0367. The molecule has 2 aliphatic rings. The number of oxime groups is 1. The summed E-state index contributed by atoms with van der Waals surface area (Å²) in [7, 11) is -2.50. The van der Waals surface area contributed by atoms with E-state index < -0.39 is 9.73 Å². The largest absolute Gasteiger partial charge is 0.409 e. The van der Waals surface area contributed by atoms with Gasteiger partial charge < -0.3 is 15.8 Å². The van der Waals surface area contributed by atoms with Crippen LogP contribution in [0.3, 0.4) is 0 Å². The number of nitrogens with zero attached hydrogens (tertiary/aromatic N) is 3. The molecule has 1 aromatic heterocycles. The summed E-state index contributed by atoms with van der Waals surface area (Å²) in [5.41, 5.74) is 1.98. The fourth-order valence-corrected chi connectivity index (χ4v) is 4.40. The fourth-order valence-electron chi connectivity index (χ4n) is 3.03. The molecule has 1 aliphatic carbocycles. The first kappa shape index (κ1) is 15.8. The van der Waals surface area contributed by atoms with Crippen LogP contribution >= 0.6 is 0 Å². The van der Waals surface area contributed by atoms with Crippen molar-refractivity contribution >= 4 is 21.4 Å². The Labute approximate surface area is 142 Å². The average Bonchev–Trinajstić information content (AvgIpc) is 2.97. The van der Waals surface area contributed by atoms with E-state index >= 15 is 0 Å². The van der Waals surface area contributed by atoms with Crippen LogP contribution in [0.5, 0.6) is 0 Å². The number of aromatic nitrogens is 2. The molecule has 0 bridgehead atoms. The van der Waals surface area contributed by atoms with Gasteiger partial charge in [-0.1, -0.05) is 11.2 Å². The zero-order chi connectivity index (χ0) is 17.6. The van der Waals surface area contributed by atoms with Crippen molar-refractivity contribution in [2.24, 2.45) is 5.16 Å². The molecule has 1 saturated heterocycles. The lowest BCUT2D eigenvalue weighted by molar-refractivity contribution is 0.303. The van der Waals surface area contributed by atoms with Gasteiger partial charge in [0, 0.05) is 9.73 Å². The summed E-state index contributed by atoms with van der Waals surface area (Å²) < 4.78 is 37.0. The molecule has 1 aliphatic heterocycles. The topological polar surface area (TPSA) is 136 Å². The molecule has 0 saturated carbocycles. The van der Waals surface area contributed by atoms with Crippen LogP contribution in [-0.2, 0) is 16.1 Å². The Morgan fingerprint density at radius 3 is 2.96 bits per heavy atom. The lowest BCUT2D eigenvalue weighted by Gasteiger charge is -2.31. The van der Waals surface area contributed by atoms with Gasteiger partial charge in [0.25, 0.3) is 0 Å². The zero-order valence-electron chi connectivity index (χ0n) is 12.9. The maximum atomic E-state index is 13.4. The van der Waals surface area contributed by atoms with Gasteiger partial charge in [-0.2, -0.15) is 0 Å². The van der Waals surface area contributed by atoms with E-state index in [-0.39, 0.29) is 46.8 Å². The van der Waals surface area contributed by atoms with Gasteiger partial charge in [0.15, 0.2) is 11.5 Å². The third kappa shape index (κ3) is 2.90. The highest BCUT2D eigenvalue weighted by Gasteiger charge is 2.33. The van der Waals surface area contributed by atoms with Crippen molar-refractivity contribution in [3.63, 3.8) is 0 Å². The first-order chi connectivity index (χ1) is 11.9. The second kappa shape index (κ2) is 5.69. The molecule has 4 N–H and O–H groups in total. The summed E-state index contributed by atoms with van der Waals surface area (Å²) in [6, 6.07) is 4.18. The summed E-state index contributed by atoms with van der Waals surface area (Å²) in [5, 5.41) is 25.9. The molecular formula is C14H15FN6O3S. The van der Waals surface area contributed by atoms with Crippen LogP contribution in [0.2, 0.25) is 0 Å². The number of amidine groups is 1. The van der Waals surface area contributed by atoms with Gasteiger partial charge in [-0.05, 0) is 40.0 Å². The Hall–Kier alpha value is -2.69. The van der Waals surface area contributed by atoms with Gasteiger partial charge in [0.2, 0.25) is 5.82 Å². The second-order valence-corrected chi connectivity index (χ2v) is 8.43. The first-order valence-electron chi connectivity index (χ1n) is 7.56. The Morgan fingerprint density at radius 2 is 2.24 bits per heavy atom. The van der Waals surface area contributed by atoms with Gasteiger partial charge in [-0.3, -0.25) is 4.78 Å². The van der Waals surface area contributed by atoms with E-state index in [1.165, 1.54) is 12.1 Å². The Balaban J connectivity index is 1.49. The number of fused-ring (bicyclic) bond motifs is 1. The number of halogens is 1. The van der Waals surface area contributed by atoms with E-state index in [9.17, 15) is 13.8 Å². The number of nitrogens with one attached hydrogen (secondary N) is 3. The second-order valence-electron chi connectivity index (χ2n) is 6.14. The van der Waals surface area contributed by atoms with Gasteiger partial charge in [0.1, 0.15) is 5.82 Å². The molecule has 4 rings (SSSR count). The van der Waals surface area contributed by atoms with Crippen LogP contribution in [0.15, 0.2) is 28.0 Å². The smallest absolute Gasteiger partial charge is 0.202 e. The van der Waals surface area contributed by atoms with Crippen molar-refractivity contribution in [3.05, 3.63) is 40.8 Å². The predicted molar refractivity (Wildman–Crippen MR) is 86.6 cm³/mol. The summed E-state index contributed by atoms with van der Waals surface area (Å²) in [5.74, 6) is 0.372. The van der Waals surface area contributed by atoms with Gasteiger partial charge in [-0.15, -0.1) is 0 Å². The summed E-state index contributed by atoms with van der Waals surface area (Å²) in [6.45, 7) is 0. The van der Waals surface area contributed by atoms with Crippen molar-refractivity contribution in [1.29, 1.82) is 4.78 Å². The summed E-state index contributed by atoms with van der Waals surface area (Å²) >= 11 is 0. The molecule has 9 nitrogen and oxygen atoms in total. The molecule has 1 aromatic carbocycles. The van der Waals surface area contributed by atoms with Crippen LogP contribution in [0.1, 0.15) is 22.9 Å². The van der Waals surface area contributed by atoms with Crippen molar-refractivity contribution in [2.75, 3.05) is 16.8 Å². The summed E-state index contributed by atoms with van der Waals surface area (Å²) in [4.78, 5) is 0. The lowest BCUT2D eigenvalue weighted by atomic mass is 9.83. The van der Waals surface area contributed by atoms with Gasteiger partial charge in [0.05, 0.1) is 23.6 Å². The van der Waals surface area contributed by atoms with E-state index in [1.54, 1.807) is 6.07 Å². The number of hydrogen-bond donors (Lipinski definition) is 4. The first-order valence-corrected chi connectivity index (χ1v) is 9.45. The molecule has 2 heterocycles. The van der Waals surface area contributed by atoms with Crippen molar-refractivity contribution < 1.29 is 18.4 Å². The molecular weight excluding hydrogens is 351 g/mol. The molecule has 0 spiro atoms. The Bertz CT molecular complexity index is 945. The molecule has 1 unspecified atom stereocenters. The Kier molecular flexibility index (Phi) is 3.60. The predicted octanol–water partition coefficient (Wildman–Crippen LogP) is 1.07. The van der Waals surface area contributed by atoms with Gasteiger partial charge >= 0.3 is 0 Å². The molecule has 25 heavy (non-hydrogen) atoms. The highest BCUT2D eigenvalue weighted by molar-refractivity contribution is 7.93. The molecule has 1 fully saturated rings. The van der Waals surface area contributed by atoms with Crippen LogP contribution in [0.4, 0.5) is 10.2 Å². The normalized spacial score (nSPS) is 27.8. The number of benzene rings is 1. The van der Waals surface area contributed by atoms with Crippen LogP contribution in [0, 0.1) is 10.6 Å². The molecule has 11 heteroatoms. The van der Waals surface area contributed by atoms with Crippen molar-refractivity contribution in [2.45, 2.75) is 18.5 Å². The fraction of sp³-hybridized carbons (Fsp3) is 0.357. The third-order valence-electron chi connectivity index (χ3n) is 4.31. The molecule has 2 aromatic rings. The minimum atomic E-state index is -2.50. The highest BCUT2D eigenvalue weighted by Crippen LogP contribution is 2.34. The van der Waals surface area contributed by atoms with E-state index in [0.29, 0.717) is 6.42 Å². The average molecular weight is 366 g/mol. The van der Waals surface area contributed by atoms with E-state index in [4.69, 9.17) is 9.41 Å². The monoisotopic (exact) mass is 366 g/mol. The van der Waals surface area contributed by atoms with Gasteiger partial charge in [-0.25, -0.2) is 13.2 Å². The highest BCUT2D eigenvalue weighted by atomic mass is 32.2. The Morgan fingerprint density at radius 1 is 1.44 bits per heavy atom. The maximum absolute atomic E-state index is 13.4. The summed E-state index contributed by atoms with van der Waals surface area (Å²) in [6.07, 6.45) is 0.659. The minimum Gasteiger partial charge on any atom is -0.409 e. The van der Waals surface area contributed by atoms with Crippen LogP contribution < -0.4 is 10.6 Å². The van der Waals surface area contributed by atoms with Crippen molar-refractivity contribution in [3.8, 4) is 0 Å². The molecule has 1 atom stereocenters. The molecule has 132 valence electrons. The maximum Gasteiger partial charge on any atom is 0.202 e. The van der Waals surface area contributed by atoms with E-state index in [2.05, 4.69) is 26.1 Å². The lowest BCUT2D eigenvalue weighted by Crippen LogP contribution is -2.46. The number of anilines is 1. The third-order valence-corrected chi connectivity index (χ3v) is 6.19. The van der Waals surface area contributed by atoms with Crippen molar-refractivity contribution in [1.82, 2.24) is 15.6 Å². The standard InChI is InChI=1S/C14H15FN6O3S/c15-8-2-1-7-3-11(10(7)4-8)18-13(19-22)12-14(21-24-20-12)17-9-5-25(16,23)6-9/h1-2,4,9,11,16,22H,3,5-6H2,(H,17,21)(H,18,19). The number of hydrogen-bond acceptors (Lipinski definition) is 8. The molecule has 0 radical (unpaired) electrons. The quantitative estimate of drug-likeness (QED) is 0.275. The van der Waals surface area contributed by atoms with E-state index in [0.717, 1.165) is 11.1 Å². The molecule has 0 amide bonds. The van der Waals surface area contributed by atoms with Crippen LogP contribution in [0.25, 0.3) is 0 Å².